The Hall–Kier alpha value is -3.65. The number of hydrogen-bond donors (Lipinski definition) is 2. The Bertz CT molecular complexity index is 1360. The zero-order valence-electron chi connectivity index (χ0n) is 23.3. The summed E-state index contributed by atoms with van der Waals surface area (Å²) in [5, 5.41) is 6.27. The summed E-state index contributed by atoms with van der Waals surface area (Å²) >= 11 is 0. The first-order valence-electron chi connectivity index (χ1n) is 14.3. The number of anilines is 1. The molecule has 4 aliphatic rings. The highest BCUT2D eigenvalue weighted by Gasteiger charge is 2.72. The van der Waals surface area contributed by atoms with Gasteiger partial charge >= 0.3 is 0 Å². The standard InChI is InChI=1S/C32H37N3O5/c1-19-8-6-11-22(16-19)33-29(36)26-25-14-15-32(40-25)27(26)31(38)35(18-21-10-7-12-23(17-21)39-3)28(32)30(37)34-24-13-5-4-9-20(24)2/h6-8,10-12,14-17,20,24-28H,4-5,9,13,18H2,1-3H3,(H,33,36)(H,34,37)/t20?,24?,25-,26?,27-,28?,32?/m1/s1. The van der Waals surface area contributed by atoms with Crippen molar-refractivity contribution in [1.29, 1.82) is 0 Å². The molecule has 2 aromatic carbocycles. The molecule has 1 saturated carbocycles. The van der Waals surface area contributed by atoms with Gasteiger partial charge in [0.15, 0.2) is 0 Å². The molecule has 3 heterocycles. The summed E-state index contributed by atoms with van der Waals surface area (Å²) in [6, 6.07) is 14.2. The van der Waals surface area contributed by atoms with Gasteiger partial charge in [-0.2, -0.15) is 0 Å². The molecule has 8 nitrogen and oxygen atoms in total. The number of methoxy groups -OCH3 is 1. The molecule has 2 saturated heterocycles. The van der Waals surface area contributed by atoms with E-state index in [1.165, 1.54) is 0 Å². The van der Waals surface area contributed by atoms with Gasteiger partial charge in [-0.15, -0.1) is 0 Å². The van der Waals surface area contributed by atoms with Crippen LogP contribution in [0.15, 0.2) is 60.7 Å². The Morgan fingerprint density at radius 1 is 1.10 bits per heavy atom. The maximum Gasteiger partial charge on any atom is 0.246 e. The molecule has 0 radical (unpaired) electrons. The predicted molar refractivity (Wildman–Crippen MR) is 150 cm³/mol. The third-order valence-electron chi connectivity index (χ3n) is 9.14. The van der Waals surface area contributed by atoms with Gasteiger partial charge in [-0.25, -0.2) is 0 Å². The number of carbonyl (C=O) groups is 3. The van der Waals surface area contributed by atoms with Gasteiger partial charge < -0.3 is 25.0 Å². The van der Waals surface area contributed by atoms with Crippen molar-refractivity contribution in [3.8, 4) is 5.75 Å². The lowest BCUT2D eigenvalue weighted by Crippen LogP contribution is -2.57. The van der Waals surface area contributed by atoms with Gasteiger partial charge in [0.05, 0.1) is 25.0 Å². The second-order valence-electron chi connectivity index (χ2n) is 11.8. The van der Waals surface area contributed by atoms with Crippen LogP contribution < -0.4 is 15.4 Å². The SMILES string of the molecule is COc1cccc(CN2C(=O)[C@H]3C(C(=O)Nc4cccc(C)c4)[C@H]4C=CC3(O4)C2C(=O)NC2CCCCC2C)c1. The number of rotatable bonds is 7. The molecule has 2 aromatic rings. The van der Waals surface area contributed by atoms with E-state index in [0.29, 0.717) is 17.4 Å². The van der Waals surface area contributed by atoms with E-state index in [0.717, 1.165) is 36.8 Å². The first-order chi connectivity index (χ1) is 19.3. The van der Waals surface area contributed by atoms with Crippen LogP contribution in [0.25, 0.3) is 0 Å². The predicted octanol–water partition coefficient (Wildman–Crippen LogP) is 3.99. The van der Waals surface area contributed by atoms with Gasteiger partial charge in [-0.3, -0.25) is 14.4 Å². The van der Waals surface area contributed by atoms with E-state index in [9.17, 15) is 14.4 Å². The number of aryl methyl sites for hydroxylation is 1. The summed E-state index contributed by atoms with van der Waals surface area (Å²) in [6.45, 7) is 4.34. The Labute approximate surface area is 235 Å². The first kappa shape index (κ1) is 26.6. The lowest BCUT2D eigenvalue weighted by Gasteiger charge is -2.36. The van der Waals surface area contributed by atoms with Crippen molar-refractivity contribution in [2.45, 2.75) is 69.9 Å². The zero-order chi connectivity index (χ0) is 28.0. The van der Waals surface area contributed by atoms with Gasteiger partial charge in [-0.1, -0.05) is 56.2 Å². The molecule has 7 atom stereocenters. The number of fused-ring (bicyclic) bond motifs is 1. The van der Waals surface area contributed by atoms with Crippen LogP contribution in [0.2, 0.25) is 0 Å². The van der Waals surface area contributed by atoms with Gasteiger partial charge in [-0.05, 0) is 61.1 Å². The highest BCUT2D eigenvalue weighted by atomic mass is 16.5. The molecule has 6 rings (SSSR count). The minimum Gasteiger partial charge on any atom is -0.497 e. The summed E-state index contributed by atoms with van der Waals surface area (Å²) in [7, 11) is 1.60. The van der Waals surface area contributed by atoms with Gasteiger partial charge in [0, 0.05) is 18.3 Å². The van der Waals surface area contributed by atoms with Crippen LogP contribution in [0.4, 0.5) is 5.69 Å². The summed E-state index contributed by atoms with van der Waals surface area (Å²) in [6.07, 6.45) is 7.35. The number of hydrogen-bond acceptors (Lipinski definition) is 5. The average molecular weight is 544 g/mol. The number of likely N-dealkylation sites (tertiary alicyclic amines) is 1. The summed E-state index contributed by atoms with van der Waals surface area (Å²) < 4.78 is 11.9. The molecular weight excluding hydrogens is 506 g/mol. The van der Waals surface area contributed by atoms with Crippen molar-refractivity contribution in [1.82, 2.24) is 10.2 Å². The second-order valence-corrected chi connectivity index (χ2v) is 11.8. The summed E-state index contributed by atoms with van der Waals surface area (Å²) in [5.41, 5.74) is 1.34. The first-order valence-corrected chi connectivity index (χ1v) is 14.3. The molecule has 1 spiro atoms. The summed E-state index contributed by atoms with van der Waals surface area (Å²) in [4.78, 5) is 43.6. The molecule has 3 fully saturated rings. The number of benzene rings is 2. The fourth-order valence-corrected chi connectivity index (χ4v) is 7.15. The molecule has 8 heteroatoms. The van der Waals surface area contributed by atoms with Crippen molar-refractivity contribution < 1.29 is 23.9 Å². The van der Waals surface area contributed by atoms with E-state index in [4.69, 9.17) is 9.47 Å². The fraction of sp³-hybridized carbons (Fsp3) is 0.469. The Morgan fingerprint density at radius 2 is 1.90 bits per heavy atom. The van der Waals surface area contributed by atoms with E-state index >= 15 is 0 Å². The topological polar surface area (TPSA) is 97.0 Å². The van der Waals surface area contributed by atoms with Gasteiger partial charge in [0.1, 0.15) is 17.4 Å². The lowest BCUT2D eigenvalue weighted by atomic mass is 9.74. The van der Waals surface area contributed by atoms with Crippen LogP contribution in [0.5, 0.6) is 5.75 Å². The third kappa shape index (κ3) is 4.48. The number of nitrogens with zero attached hydrogens (tertiary/aromatic N) is 1. The van der Waals surface area contributed by atoms with Crippen molar-refractivity contribution in [2.24, 2.45) is 17.8 Å². The van der Waals surface area contributed by atoms with Crippen molar-refractivity contribution in [3.63, 3.8) is 0 Å². The summed E-state index contributed by atoms with van der Waals surface area (Å²) in [5.74, 6) is -1.23. The third-order valence-corrected chi connectivity index (χ3v) is 9.14. The lowest BCUT2D eigenvalue weighted by molar-refractivity contribution is -0.142. The highest BCUT2D eigenvalue weighted by molar-refractivity contribution is 6.02. The molecule has 210 valence electrons. The molecule has 5 unspecified atom stereocenters. The van der Waals surface area contributed by atoms with E-state index in [-0.39, 0.29) is 30.3 Å². The molecular formula is C32H37N3O5. The number of nitrogens with one attached hydrogen (secondary N) is 2. The van der Waals surface area contributed by atoms with E-state index in [2.05, 4.69) is 17.6 Å². The quantitative estimate of drug-likeness (QED) is 0.515. The Kier molecular flexibility index (Phi) is 6.90. The Balaban J connectivity index is 1.34. The van der Waals surface area contributed by atoms with Crippen LogP contribution in [0.1, 0.15) is 43.7 Å². The normalized spacial score (nSPS) is 32.2. The van der Waals surface area contributed by atoms with Gasteiger partial charge in [0.25, 0.3) is 0 Å². The molecule has 3 aliphatic heterocycles. The number of ether oxygens (including phenoxy) is 2. The molecule has 40 heavy (non-hydrogen) atoms. The van der Waals surface area contributed by atoms with Crippen molar-refractivity contribution in [2.75, 3.05) is 12.4 Å². The van der Waals surface area contributed by atoms with Crippen LogP contribution in [-0.4, -0.2) is 53.5 Å². The van der Waals surface area contributed by atoms with Gasteiger partial charge in [0.2, 0.25) is 17.7 Å². The van der Waals surface area contributed by atoms with Crippen molar-refractivity contribution in [3.05, 3.63) is 71.8 Å². The van der Waals surface area contributed by atoms with E-state index in [1.54, 1.807) is 12.0 Å². The molecule has 3 amide bonds. The largest absolute Gasteiger partial charge is 0.497 e. The molecule has 2 bridgehead atoms. The van der Waals surface area contributed by atoms with Crippen LogP contribution in [-0.2, 0) is 25.7 Å². The average Bonchev–Trinajstić information content (AvgIpc) is 3.57. The maximum atomic E-state index is 14.2. The molecule has 1 aliphatic carbocycles. The highest BCUT2D eigenvalue weighted by Crippen LogP contribution is 2.55. The zero-order valence-corrected chi connectivity index (χ0v) is 23.3. The van der Waals surface area contributed by atoms with E-state index < -0.39 is 29.6 Å². The minimum atomic E-state index is -1.20. The molecule has 2 N–H and O–H groups in total. The maximum absolute atomic E-state index is 14.2. The van der Waals surface area contributed by atoms with Crippen LogP contribution >= 0.6 is 0 Å². The number of carbonyl (C=O) groups excluding carboxylic acids is 3. The van der Waals surface area contributed by atoms with Crippen LogP contribution in [0.3, 0.4) is 0 Å². The van der Waals surface area contributed by atoms with Crippen molar-refractivity contribution >= 4 is 23.4 Å². The van der Waals surface area contributed by atoms with Crippen LogP contribution in [0, 0.1) is 24.7 Å². The smallest absolute Gasteiger partial charge is 0.246 e. The second kappa shape index (κ2) is 10.4. The number of amides is 3. The minimum absolute atomic E-state index is 0.0495. The monoisotopic (exact) mass is 543 g/mol. The fourth-order valence-electron chi connectivity index (χ4n) is 7.15. The molecule has 0 aromatic heterocycles. The van der Waals surface area contributed by atoms with E-state index in [1.807, 2.05) is 67.6 Å². The Morgan fingerprint density at radius 3 is 2.67 bits per heavy atom.